The Kier molecular flexibility index (Phi) is 5.58. The van der Waals surface area contributed by atoms with Crippen LogP contribution in [0.4, 0.5) is 5.82 Å². The molecule has 192 valence electrons. The van der Waals surface area contributed by atoms with Gasteiger partial charge in [-0.2, -0.15) is 4.31 Å². The van der Waals surface area contributed by atoms with Crippen LogP contribution in [0.2, 0.25) is 0 Å². The fourth-order valence-electron chi connectivity index (χ4n) is 8.95. The third-order valence-corrected chi connectivity index (χ3v) is 10.9. The number of hydrogen-bond donors (Lipinski definition) is 1. The van der Waals surface area contributed by atoms with Gasteiger partial charge in [-0.1, -0.05) is 44.2 Å². The SMILES string of the molecule is CC12CC3CC(C)(C1)CC(CC(=O)Nc1ncnc4c1CCN(S(=O)(=O)Cc1ccccc1)C4)(C3)C2. The Bertz CT molecular complexity index is 1280. The van der Waals surface area contributed by atoms with E-state index in [-0.39, 0.29) is 23.6 Å². The van der Waals surface area contributed by atoms with Gasteiger partial charge in [-0.25, -0.2) is 18.4 Å². The Morgan fingerprint density at radius 3 is 2.47 bits per heavy atom. The van der Waals surface area contributed by atoms with Gasteiger partial charge in [0.25, 0.3) is 0 Å². The summed E-state index contributed by atoms with van der Waals surface area (Å²) in [5.74, 6) is 1.30. The number of amides is 1. The Balaban J connectivity index is 1.15. The lowest BCUT2D eigenvalue weighted by molar-refractivity contribution is -0.153. The van der Waals surface area contributed by atoms with Crippen molar-refractivity contribution in [3.8, 4) is 0 Å². The van der Waals surface area contributed by atoms with Crippen LogP contribution < -0.4 is 5.32 Å². The zero-order chi connectivity index (χ0) is 25.2. The number of rotatable bonds is 6. The molecule has 4 bridgehead atoms. The minimum atomic E-state index is -3.47. The van der Waals surface area contributed by atoms with E-state index >= 15 is 0 Å². The number of carbonyl (C=O) groups excluding carboxylic acids is 1. The topological polar surface area (TPSA) is 92.3 Å². The number of carbonyl (C=O) groups is 1. The van der Waals surface area contributed by atoms with Gasteiger partial charge in [0.2, 0.25) is 15.9 Å². The third kappa shape index (κ3) is 4.47. The van der Waals surface area contributed by atoms with E-state index in [1.807, 2.05) is 30.3 Å². The Morgan fingerprint density at radius 1 is 1.06 bits per heavy atom. The van der Waals surface area contributed by atoms with Gasteiger partial charge < -0.3 is 5.32 Å². The fourth-order valence-corrected chi connectivity index (χ4v) is 10.4. The highest BCUT2D eigenvalue weighted by molar-refractivity contribution is 7.88. The molecular formula is C28H36N4O3S. The van der Waals surface area contributed by atoms with Gasteiger partial charge in [0.05, 0.1) is 18.0 Å². The van der Waals surface area contributed by atoms with Crippen molar-refractivity contribution in [1.29, 1.82) is 0 Å². The predicted octanol–water partition coefficient (Wildman–Crippen LogP) is 4.69. The maximum Gasteiger partial charge on any atom is 0.226 e. The van der Waals surface area contributed by atoms with Gasteiger partial charge >= 0.3 is 0 Å². The second-order valence-electron chi connectivity index (χ2n) is 12.8. The average Bonchev–Trinajstić information content (AvgIpc) is 2.76. The summed E-state index contributed by atoms with van der Waals surface area (Å²) in [6.45, 7) is 5.43. The molecule has 7 nitrogen and oxygen atoms in total. The molecule has 4 fully saturated rings. The second-order valence-corrected chi connectivity index (χ2v) is 14.8. The largest absolute Gasteiger partial charge is 0.310 e. The van der Waals surface area contributed by atoms with Crippen LogP contribution in [-0.4, -0.2) is 35.1 Å². The second kappa shape index (κ2) is 8.35. The Morgan fingerprint density at radius 2 is 1.78 bits per heavy atom. The van der Waals surface area contributed by atoms with E-state index in [0.717, 1.165) is 29.9 Å². The van der Waals surface area contributed by atoms with Gasteiger partial charge in [0.15, 0.2) is 0 Å². The molecule has 2 aromatic rings. The summed E-state index contributed by atoms with van der Waals surface area (Å²) in [5.41, 5.74) is 3.16. The number of anilines is 1. The lowest BCUT2D eigenvalue weighted by Crippen LogP contribution is -2.55. The van der Waals surface area contributed by atoms with Crippen molar-refractivity contribution in [3.05, 3.63) is 53.5 Å². The van der Waals surface area contributed by atoms with Crippen molar-refractivity contribution in [3.63, 3.8) is 0 Å². The van der Waals surface area contributed by atoms with Crippen molar-refractivity contribution in [2.45, 2.75) is 77.5 Å². The molecule has 4 aliphatic carbocycles. The number of benzene rings is 1. The molecule has 1 amide bonds. The van der Waals surface area contributed by atoms with Crippen molar-refractivity contribution < 1.29 is 13.2 Å². The number of sulfonamides is 1. The van der Waals surface area contributed by atoms with Crippen molar-refractivity contribution >= 4 is 21.7 Å². The van der Waals surface area contributed by atoms with Crippen LogP contribution in [0.5, 0.6) is 0 Å². The first-order valence-electron chi connectivity index (χ1n) is 13.2. The molecule has 36 heavy (non-hydrogen) atoms. The summed E-state index contributed by atoms with van der Waals surface area (Å²) in [6, 6.07) is 9.24. The van der Waals surface area contributed by atoms with Crippen LogP contribution in [-0.2, 0) is 33.5 Å². The molecule has 2 unspecified atom stereocenters. The molecule has 1 N–H and O–H groups in total. The van der Waals surface area contributed by atoms with Gasteiger partial charge in [0, 0.05) is 18.5 Å². The van der Waals surface area contributed by atoms with E-state index in [4.69, 9.17) is 0 Å². The van der Waals surface area contributed by atoms with Crippen LogP contribution in [0, 0.1) is 22.2 Å². The molecule has 1 aromatic carbocycles. The fraction of sp³-hybridized carbons (Fsp3) is 0.607. The number of hydrogen-bond acceptors (Lipinski definition) is 5. The zero-order valence-corrected chi connectivity index (χ0v) is 22.1. The van der Waals surface area contributed by atoms with E-state index < -0.39 is 10.0 Å². The summed E-state index contributed by atoms with van der Waals surface area (Å²) in [6.07, 6.45) is 9.86. The predicted molar refractivity (Wildman–Crippen MR) is 138 cm³/mol. The summed E-state index contributed by atoms with van der Waals surface area (Å²) >= 11 is 0. The molecule has 8 heteroatoms. The van der Waals surface area contributed by atoms with Crippen molar-refractivity contribution in [1.82, 2.24) is 14.3 Å². The minimum Gasteiger partial charge on any atom is -0.310 e. The summed E-state index contributed by atoms with van der Waals surface area (Å²) in [4.78, 5) is 22.1. The van der Waals surface area contributed by atoms with Crippen molar-refractivity contribution in [2.75, 3.05) is 11.9 Å². The number of nitrogens with zero attached hydrogens (tertiary/aromatic N) is 3. The maximum atomic E-state index is 13.3. The molecule has 5 aliphatic rings. The molecule has 1 aliphatic heterocycles. The number of nitrogens with one attached hydrogen (secondary N) is 1. The third-order valence-electron chi connectivity index (χ3n) is 9.09. The standard InChI is InChI=1S/C28H36N4O3S/c1-26-10-21-11-27(2,16-26)18-28(12-21,17-26)13-24(33)31-25-22-8-9-32(14-23(22)29-19-30-25)36(34,35)15-20-6-4-3-5-7-20/h3-7,19,21H,8-18H2,1-2H3,(H,29,30,31,33). The van der Waals surface area contributed by atoms with Crippen LogP contribution >= 0.6 is 0 Å². The Labute approximate surface area is 214 Å². The number of fused-ring (bicyclic) bond motifs is 1. The van der Waals surface area contributed by atoms with E-state index in [1.54, 1.807) is 0 Å². The average molecular weight is 509 g/mol. The minimum absolute atomic E-state index is 0.0290. The summed E-state index contributed by atoms with van der Waals surface area (Å²) in [5, 5.41) is 3.11. The molecule has 0 saturated heterocycles. The molecule has 0 spiro atoms. The van der Waals surface area contributed by atoms with Gasteiger partial charge in [0.1, 0.15) is 12.1 Å². The van der Waals surface area contributed by atoms with Crippen molar-refractivity contribution in [2.24, 2.45) is 22.2 Å². The van der Waals surface area contributed by atoms with Crippen LogP contribution in [0.15, 0.2) is 36.7 Å². The van der Waals surface area contributed by atoms with E-state index in [1.165, 1.54) is 36.3 Å². The van der Waals surface area contributed by atoms with E-state index in [0.29, 0.717) is 41.7 Å². The maximum absolute atomic E-state index is 13.3. The first-order valence-corrected chi connectivity index (χ1v) is 14.8. The summed E-state index contributed by atoms with van der Waals surface area (Å²) in [7, 11) is -3.47. The molecule has 7 rings (SSSR count). The highest BCUT2D eigenvalue weighted by Gasteiger charge is 2.60. The lowest BCUT2D eigenvalue weighted by Gasteiger charge is -2.65. The number of aromatic nitrogens is 2. The summed E-state index contributed by atoms with van der Waals surface area (Å²) < 4.78 is 27.6. The lowest BCUT2D eigenvalue weighted by atomic mass is 9.40. The smallest absolute Gasteiger partial charge is 0.226 e. The molecule has 0 radical (unpaired) electrons. The quantitative estimate of drug-likeness (QED) is 0.611. The first kappa shape index (κ1) is 24.0. The first-order chi connectivity index (χ1) is 17.0. The van der Waals surface area contributed by atoms with Gasteiger partial charge in [-0.15, -0.1) is 0 Å². The van der Waals surface area contributed by atoms with Crippen LogP contribution in [0.25, 0.3) is 0 Å². The zero-order valence-electron chi connectivity index (χ0n) is 21.3. The van der Waals surface area contributed by atoms with Gasteiger partial charge in [-0.05, 0) is 72.7 Å². The van der Waals surface area contributed by atoms with Crippen LogP contribution in [0.1, 0.15) is 75.6 Å². The highest BCUT2D eigenvalue weighted by atomic mass is 32.2. The highest BCUT2D eigenvalue weighted by Crippen LogP contribution is 2.70. The molecule has 1 aromatic heterocycles. The van der Waals surface area contributed by atoms with E-state index in [9.17, 15) is 13.2 Å². The monoisotopic (exact) mass is 508 g/mol. The Hall–Kier alpha value is -2.32. The molecule has 4 saturated carbocycles. The molecule has 2 atom stereocenters. The van der Waals surface area contributed by atoms with E-state index in [2.05, 4.69) is 29.1 Å². The molecule has 2 heterocycles. The van der Waals surface area contributed by atoms with Crippen LogP contribution in [0.3, 0.4) is 0 Å². The normalized spacial score (nSPS) is 33.3. The van der Waals surface area contributed by atoms with Gasteiger partial charge in [-0.3, -0.25) is 4.79 Å². The molecular weight excluding hydrogens is 472 g/mol.